The molecular weight excluding hydrogens is 464 g/mol. The summed E-state index contributed by atoms with van der Waals surface area (Å²) in [5.41, 5.74) is 2.90. The van der Waals surface area contributed by atoms with Gasteiger partial charge in [0.1, 0.15) is 22.3 Å². The smallest absolute Gasteiger partial charge is 0.272 e. The molecule has 182 valence electrons. The number of piperazine rings is 1. The van der Waals surface area contributed by atoms with E-state index in [1.54, 1.807) is 38.2 Å². The maximum atomic E-state index is 12.7. The van der Waals surface area contributed by atoms with Crippen LogP contribution in [0.2, 0.25) is 0 Å². The highest BCUT2D eigenvalue weighted by Gasteiger charge is 2.22. The lowest BCUT2D eigenvalue weighted by atomic mass is 10.2. The number of nitrogens with zero attached hydrogens (tertiary/aromatic N) is 9. The molecule has 4 aromatic heterocycles. The van der Waals surface area contributed by atoms with Crippen molar-refractivity contribution < 1.29 is 4.79 Å². The van der Waals surface area contributed by atoms with Crippen molar-refractivity contribution in [1.82, 2.24) is 39.5 Å². The number of likely N-dealkylation sites (N-methyl/N-ethyl adjacent to an activating group) is 1. The summed E-state index contributed by atoms with van der Waals surface area (Å²) in [7, 11) is 7.34. The number of anilines is 3. The van der Waals surface area contributed by atoms with E-state index in [4.69, 9.17) is 9.97 Å². The molecule has 0 radical (unpaired) electrons. The number of carbonyl (C=O) groups excluding carboxylic acids is 1. The highest BCUT2D eigenvalue weighted by molar-refractivity contribution is 7.21. The van der Waals surface area contributed by atoms with Crippen LogP contribution in [0.3, 0.4) is 0 Å². The Labute approximate surface area is 207 Å². The Morgan fingerprint density at radius 3 is 2.54 bits per heavy atom. The van der Waals surface area contributed by atoms with Crippen LogP contribution in [-0.2, 0) is 7.05 Å². The van der Waals surface area contributed by atoms with Crippen molar-refractivity contribution in [2.75, 3.05) is 57.5 Å². The number of rotatable bonds is 5. The zero-order chi connectivity index (χ0) is 24.7. The summed E-state index contributed by atoms with van der Waals surface area (Å²) in [5, 5.41) is 8.33. The summed E-state index contributed by atoms with van der Waals surface area (Å²) in [5.74, 6) is 1.95. The van der Waals surface area contributed by atoms with E-state index in [1.165, 1.54) is 16.2 Å². The molecule has 0 aliphatic carbocycles. The molecule has 1 saturated heterocycles. The lowest BCUT2D eigenvalue weighted by Crippen LogP contribution is -2.45. The predicted octanol–water partition coefficient (Wildman–Crippen LogP) is 2.39. The normalized spacial score (nSPS) is 14.5. The highest BCUT2D eigenvalue weighted by Crippen LogP contribution is 2.33. The number of nitrogens with one attached hydrogen (secondary N) is 1. The van der Waals surface area contributed by atoms with Crippen molar-refractivity contribution in [3.63, 3.8) is 0 Å². The Balaban J connectivity index is 1.42. The molecule has 1 N–H and O–H groups in total. The predicted molar refractivity (Wildman–Crippen MR) is 137 cm³/mol. The molecule has 0 unspecified atom stereocenters. The van der Waals surface area contributed by atoms with Gasteiger partial charge in [-0.15, -0.1) is 11.3 Å². The van der Waals surface area contributed by atoms with Gasteiger partial charge in [-0.1, -0.05) is 0 Å². The third-order valence-electron chi connectivity index (χ3n) is 5.94. The second-order valence-corrected chi connectivity index (χ2v) is 9.93. The van der Waals surface area contributed by atoms with Crippen molar-refractivity contribution >= 4 is 45.0 Å². The van der Waals surface area contributed by atoms with Crippen LogP contribution in [-0.4, -0.2) is 92.7 Å². The fourth-order valence-electron chi connectivity index (χ4n) is 3.97. The molecule has 12 heteroatoms. The molecule has 5 rings (SSSR count). The van der Waals surface area contributed by atoms with Gasteiger partial charge in [-0.25, -0.2) is 15.0 Å². The largest absolute Gasteiger partial charge is 0.343 e. The van der Waals surface area contributed by atoms with E-state index < -0.39 is 0 Å². The van der Waals surface area contributed by atoms with Crippen molar-refractivity contribution in [2.24, 2.45) is 7.05 Å². The van der Waals surface area contributed by atoms with Gasteiger partial charge in [0.05, 0.1) is 22.0 Å². The van der Waals surface area contributed by atoms with E-state index in [2.05, 4.69) is 37.2 Å². The molecule has 0 bridgehead atoms. The van der Waals surface area contributed by atoms with Crippen molar-refractivity contribution in [3.8, 4) is 10.6 Å². The van der Waals surface area contributed by atoms with Gasteiger partial charge in [-0.2, -0.15) is 10.1 Å². The van der Waals surface area contributed by atoms with E-state index in [0.717, 1.165) is 53.0 Å². The van der Waals surface area contributed by atoms with Crippen LogP contribution in [0.1, 0.15) is 16.2 Å². The fraction of sp³-hybridized carbons (Fsp3) is 0.391. The average Bonchev–Trinajstić information content (AvgIpc) is 3.41. The summed E-state index contributed by atoms with van der Waals surface area (Å²) < 4.78 is 2.51. The highest BCUT2D eigenvalue weighted by atomic mass is 32.1. The van der Waals surface area contributed by atoms with E-state index >= 15 is 0 Å². The molecule has 1 aliphatic rings. The fourth-order valence-corrected chi connectivity index (χ4v) is 4.90. The number of hydrogen-bond donors (Lipinski definition) is 1. The first kappa shape index (κ1) is 23.1. The molecule has 0 atom stereocenters. The first-order valence-electron chi connectivity index (χ1n) is 11.4. The molecule has 5 heterocycles. The Bertz CT molecular complexity index is 1390. The molecule has 11 nitrogen and oxygen atoms in total. The van der Waals surface area contributed by atoms with Gasteiger partial charge in [-0.3, -0.25) is 9.48 Å². The standard InChI is InChI=1S/C23H28N10OS/c1-14-10-19(29-23(26-14)33-8-6-31(4)7-9-33)28-18-11-16-17(13-24-18)35-21(27-16)15-12-25-32(5)20(15)22(34)30(2)3/h10-13H,6-9H2,1-5H3,(H,24,26,28,29). The number of pyridine rings is 1. The first-order valence-corrected chi connectivity index (χ1v) is 12.2. The van der Waals surface area contributed by atoms with Crippen LogP contribution in [0.4, 0.5) is 17.6 Å². The number of aryl methyl sites for hydroxylation is 2. The van der Waals surface area contributed by atoms with Crippen LogP contribution in [0.25, 0.3) is 20.8 Å². The van der Waals surface area contributed by atoms with Gasteiger partial charge in [0.2, 0.25) is 5.95 Å². The summed E-state index contributed by atoms with van der Waals surface area (Å²) in [4.78, 5) is 37.5. The molecule has 4 aromatic rings. The second-order valence-electron chi connectivity index (χ2n) is 8.90. The van der Waals surface area contributed by atoms with Crippen LogP contribution >= 0.6 is 11.3 Å². The Morgan fingerprint density at radius 2 is 1.80 bits per heavy atom. The number of thiazole rings is 1. The van der Waals surface area contributed by atoms with E-state index in [1.807, 2.05) is 19.1 Å². The van der Waals surface area contributed by atoms with E-state index in [0.29, 0.717) is 22.9 Å². The van der Waals surface area contributed by atoms with Crippen LogP contribution < -0.4 is 10.2 Å². The lowest BCUT2D eigenvalue weighted by molar-refractivity contribution is 0.0817. The number of amides is 1. The Kier molecular flexibility index (Phi) is 6.07. The minimum Gasteiger partial charge on any atom is -0.343 e. The van der Waals surface area contributed by atoms with E-state index in [9.17, 15) is 4.79 Å². The maximum Gasteiger partial charge on any atom is 0.272 e. The average molecular weight is 493 g/mol. The zero-order valence-electron chi connectivity index (χ0n) is 20.5. The van der Waals surface area contributed by atoms with Crippen molar-refractivity contribution in [1.29, 1.82) is 0 Å². The molecule has 1 amide bonds. The van der Waals surface area contributed by atoms with Gasteiger partial charge in [0, 0.05) is 71.3 Å². The first-order chi connectivity index (χ1) is 16.8. The lowest BCUT2D eigenvalue weighted by Gasteiger charge is -2.32. The number of carbonyl (C=O) groups is 1. The molecule has 35 heavy (non-hydrogen) atoms. The van der Waals surface area contributed by atoms with Gasteiger partial charge < -0.3 is 20.0 Å². The summed E-state index contributed by atoms with van der Waals surface area (Å²) in [6.07, 6.45) is 3.47. The monoisotopic (exact) mass is 492 g/mol. The molecule has 1 aliphatic heterocycles. The molecule has 1 fully saturated rings. The zero-order valence-corrected chi connectivity index (χ0v) is 21.3. The topological polar surface area (TPSA) is 108 Å². The van der Waals surface area contributed by atoms with Gasteiger partial charge in [0.15, 0.2) is 0 Å². The molecular formula is C23H28N10OS. The quantitative estimate of drug-likeness (QED) is 0.449. The van der Waals surface area contributed by atoms with Crippen molar-refractivity contribution in [2.45, 2.75) is 6.92 Å². The summed E-state index contributed by atoms with van der Waals surface area (Å²) in [6, 6.07) is 3.80. The van der Waals surface area contributed by atoms with Gasteiger partial charge >= 0.3 is 0 Å². The molecule has 0 aromatic carbocycles. The maximum absolute atomic E-state index is 12.7. The minimum atomic E-state index is -0.116. The van der Waals surface area contributed by atoms with Crippen LogP contribution in [0.5, 0.6) is 0 Å². The summed E-state index contributed by atoms with van der Waals surface area (Å²) in [6.45, 7) is 5.75. The number of fused-ring (bicyclic) bond motifs is 1. The van der Waals surface area contributed by atoms with Crippen LogP contribution in [0.15, 0.2) is 24.5 Å². The number of hydrogen-bond acceptors (Lipinski definition) is 10. The molecule has 0 saturated carbocycles. The summed E-state index contributed by atoms with van der Waals surface area (Å²) >= 11 is 1.48. The Morgan fingerprint density at radius 1 is 1.03 bits per heavy atom. The van der Waals surface area contributed by atoms with E-state index in [-0.39, 0.29) is 5.91 Å². The van der Waals surface area contributed by atoms with Gasteiger partial charge in [0.25, 0.3) is 5.91 Å². The molecule has 0 spiro atoms. The third kappa shape index (κ3) is 4.66. The number of aromatic nitrogens is 6. The SMILES string of the molecule is Cc1cc(Nc2cc3nc(-c4cnn(C)c4C(=O)N(C)C)sc3cn2)nc(N2CCN(C)CC2)n1. The van der Waals surface area contributed by atoms with Crippen molar-refractivity contribution in [3.05, 3.63) is 35.9 Å². The minimum absolute atomic E-state index is 0.116. The second kappa shape index (κ2) is 9.19. The van der Waals surface area contributed by atoms with Gasteiger partial charge in [-0.05, 0) is 14.0 Å². The Hall–Kier alpha value is -3.64. The third-order valence-corrected chi connectivity index (χ3v) is 6.98. The van der Waals surface area contributed by atoms with Crippen LogP contribution in [0, 0.1) is 6.92 Å².